The predicted octanol–water partition coefficient (Wildman–Crippen LogP) is -0.250. The largest absolute Gasteiger partial charge is 0.367 e. The maximum Gasteiger partial charge on any atom is 0.254 e. The van der Waals surface area contributed by atoms with Gasteiger partial charge in [-0.3, -0.25) is 13.8 Å². The lowest BCUT2D eigenvalue weighted by molar-refractivity contribution is -0.133. The fourth-order valence-corrected chi connectivity index (χ4v) is 2.50. The van der Waals surface area contributed by atoms with Crippen molar-refractivity contribution >= 4 is 22.6 Å². The van der Waals surface area contributed by atoms with E-state index in [4.69, 9.17) is 10.5 Å². The molecule has 1 aromatic rings. The van der Waals surface area contributed by atoms with Gasteiger partial charge in [-0.1, -0.05) is 0 Å². The zero-order valence-electron chi connectivity index (χ0n) is 11.1. The van der Waals surface area contributed by atoms with Gasteiger partial charge >= 0.3 is 0 Å². The van der Waals surface area contributed by atoms with E-state index < -0.39 is 22.8 Å². The molecule has 1 aliphatic heterocycles. The van der Waals surface area contributed by atoms with Gasteiger partial charge in [-0.15, -0.1) is 0 Å². The van der Waals surface area contributed by atoms with E-state index in [1.54, 1.807) is 30.5 Å². The molecule has 0 radical (unpaired) electrons. The first-order valence-electron chi connectivity index (χ1n) is 6.12. The van der Waals surface area contributed by atoms with Gasteiger partial charge in [0.25, 0.3) is 5.91 Å². The van der Waals surface area contributed by atoms with Gasteiger partial charge in [-0.25, -0.2) is 0 Å². The van der Waals surface area contributed by atoms with Crippen LogP contribution < -0.4 is 5.73 Å². The Labute approximate surface area is 119 Å². The number of morpholine rings is 1. The molecule has 1 aliphatic rings. The van der Waals surface area contributed by atoms with Crippen molar-refractivity contribution in [1.82, 2.24) is 4.90 Å². The Morgan fingerprint density at radius 3 is 2.55 bits per heavy atom. The first-order valence-corrected chi connectivity index (χ1v) is 7.68. The van der Waals surface area contributed by atoms with E-state index in [9.17, 15) is 13.8 Å². The Kier molecular flexibility index (Phi) is 4.51. The maximum absolute atomic E-state index is 12.3. The molecule has 1 heterocycles. The van der Waals surface area contributed by atoms with Crippen molar-refractivity contribution in [1.29, 1.82) is 0 Å². The summed E-state index contributed by atoms with van der Waals surface area (Å²) in [6.45, 7) is 0.871. The van der Waals surface area contributed by atoms with Crippen LogP contribution in [0.1, 0.15) is 10.4 Å². The Balaban J connectivity index is 2.10. The summed E-state index contributed by atoms with van der Waals surface area (Å²) < 4.78 is 16.5. The van der Waals surface area contributed by atoms with Crippen molar-refractivity contribution in [3.05, 3.63) is 29.8 Å². The molecule has 0 aliphatic carbocycles. The molecule has 0 aromatic heterocycles. The van der Waals surface area contributed by atoms with E-state index >= 15 is 0 Å². The van der Waals surface area contributed by atoms with E-state index in [0.717, 1.165) is 0 Å². The van der Waals surface area contributed by atoms with E-state index in [1.807, 2.05) is 0 Å². The van der Waals surface area contributed by atoms with E-state index in [2.05, 4.69) is 0 Å². The van der Waals surface area contributed by atoms with Crippen LogP contribution in [0.2, 0.25) is 0 Å². The van der Waals surface area contributed by atoms with Crippen LogP contribution in [0.4, 0.5) is 0 Å². The van der Waals surface area contributed by atoms with Crippen molar-refractivity contribution in [3.63, 3.8) is 0 Å². The standard InChI is InChI=1S/C13H16N2O4S/c1-20(18)10-4-2-9(3-5-10)13(17)15-6-7-19-11(8-15)12(14)16/h2-5,11H,6-8H2,1H3,(H2,14,16)/t11-,20-/m1/s1. The highest BCUT2D eigenvalue weighted by atomic mass is 32.2. The summed E-state index contributed by atoms with van der Waals surface area (Å²) in [5, 5.41) is 0. The normalized spacial score (nSPS) is 20.4. The minimum Gasteiger partial charge on any atom is -0.367 e. The number of hydrogen-bond acceptors (Lipinski definition) is 4. The number of amides is 2. The average Bonchev–Trinajstić information content (AvgIpc) is 2.46. The third-order valence-corrected chi connectivity index (χ3v) is 4.04. The molecule has 2 amide bonds. The van der Waals surface area contributed by atoms with Gasteiger partial charge in [0.05, 0.1) is 13.2 Å². The van der Waals surface area contributed by atoms with Crippen molar-refractivity contribution in [3.8, 4) is 0 Å². The summed E-state index contributed by atoms with van der Waals surface area (Å²) in [5.41, 5.74) is 5.68. The van der Waals surface area contributed by atoms with Crippen LogP contribution in [0.5, 0.6) is 0 Å². The average molecular weight is 296 g/mol. The quantitative estimate of drug-likeness (QED) is 0.833. The highest BCUT2D eigenvalue weighted by Crippen LogP contribution is 2.13. The highest BCUT2D eigenvalue weighted by molar-refractivity contribution is 7.84. The van der Waals surface area contributed by atoms with Gasteiger partial charge in [-0.2, -0.15) is 0 Å². The number of ether oxygens (including phenoxy) is 1. The zero-order chi connectivity index (χ0) is 14.7. The number of nitrogens with two attached hydrogens (primary N) is 1. The number of carbonyl (C=O) groups excluding carboxylic acids is 2. The van der Waals surface area contributed by atoms with Crippen LogP contribution in [-0.2, 0) is 20.3 Å². The fraction of sp³-hybridized carbons (Fsp3) is 0.385. The van der Waals surface area contributed by atoms with Gasteiger partial charge in [0, 0.05) is 34.1 Å². The third-order valence-electron chi connectivity index (χ3n) is 3.10. The lowest BCUT2D eigenvalue weighted by Crippen LogP contribution is -2.50. The smallest absolute Gasteiger partial charge is 0.254 e. The molecule has 1 saturated heterocycles. The van der Waals surface area contributed by atoms with Gasteiger partial charge in [-0.05, 0) is 24.3 Å². The van der Waals surface area contributed by atoms with Crippen LogP contribution in [-0.4, -0.2) is 53.0 Å². The van der Waals surface area contributed by atoms with E-state index in [1.165, 1.54) is 4.90 Å². The zero-order valence-corrected chi connectivity index (χ0v) is 11.9. The summed E-state index contributed by atoms with van der Waals surface area (Å²) in [6, 6.07) is 6.59. The van der Waals surface area contributed by atoms with Gasteiger partial charge in [0.2, 0.25) is 5.91 Å². The van der Waals surface area contributed by atoms with Crippen molar-refractivity contribution in [2.24, 2.45) is 5.73 Å². The highest BCUT2D eigenvalue weighted by Gasteiger charge is 2.28. The van der Waals surface area contributed by atoms with Gasteiger partial charge < -0.3 is 15.4 Å². The van der Waals surface area contributed by atoms with Crippen molar-refractivity contribution in [2.75, 3.05) is 26.0 Å². The molecular formula is C13H16N2O4S. The Morgan fingerprint density at radius 1 is 1.35 bits per heavy atom. The Morgan fingerprint density at radius 2 is 2.00 bits per heavy atom. The minimum atomic E-state index is -1.07. The van der Waals surface area contributed by atoms with Crippen molar-refractivity contribution in [2.45, 2.75) is 11.0 Å². The first-order chi connectivity index (χ1) is 9.49. The second kappa shape index (κ2) is 6.15. The van der Waals surface area contributed by atoms with Crippen LogP contribution in [0, 0.1) is 0 Å². The molecule has 1 fully saturated rings. The van der Waals surface area contributed by atoms with Crippen LogP contribution in [0.3, 0.4) is 0 Å². The monoisotopic (exact) mass is 296 g/mol. The van der Waals surface area contributed by atoms with Gasteiger partial charge in [0.1, 0.15) is 0 Å². The minimum absolute atomic E-state index is 0.162. The fourth-order valence-electron chi connectivity index (χ4n) is 1.98. The van der Waals surface area contributed by atoms with E-state index in [-0.39, 0.29) is 19.1 Å². The second-order valence-corrected chi connectivity index (χ2v) is 5.87. The summed E-state index contributed by atoms with van der Waals surface area (Å²) in [4.78, 5) is 25.6. The second-order valence-electron chi connectivity index (χ2n) is 4.49. The predicted molar refractivity (Wildman–Crippen MR) is 73.6 cm³/mol. The molecule has 20 heavy (non-hydrogen) atoms. The lowest BCUT2D eigenvalue weighted by atomic mass is 10.1. The molecule has 2 atom stereocenters. The molecule has 108 valence electrons. The molecule has 7 heteroatoms. The van der Waals surface area contributed by atoms with Crippen LogP contribution >= 0.6 is 0 Å². The number of hydrogen-bond donors (Lipinski definition) is 1. The molecule has 0 saturated carbocycles. The summed E-state index contributed by atoms with van der Waals surface area (Å²) in [7, 11) is -1.07. The molecule has 0 spiro atoms. The molecule has 2 N–H and O–H groups in total. The van der Waals surface area contributed by atoms with E-state index in [0.29, 0.717) is 17.0 Å². The molecular weight excluding hydrogens is 280 g/mol. The van der Waals surface area contributed by atoms with Crippen molar-refractivity contribution < 1.29 is 18.5 Å². The summed E-state index contributed by atoms with van der Waals surface area (Å²) in [5.74, 6) is -0.757. The summed E-state index contributed by atoms with van der Waals surface area (Å²) >= 11 is 0. The maximum atomic E-state index is 12.3. The third kappa shape index (κ3) is 3.23. The lowest BCUT2D eigenvalue weighted by Gasteiger charge is -2.31. The molecule has 0 unspecified atom stereocenters. The number of rotatable bonds is 3. The number of nitrogens with zero attached hydrogens (tertiary/aromatic N) is 1. The molecule has 6 nitrogen and oxygen atoms in total. The topological polar surface area (TPSA) is 89.7 Å². The number of primary amides is 1. The summed E-state index contributed by atoms with van der Waals surface area (Å²) in [6.07, 6.45) is 0.825. The Bertz CT molecular complexity index is 544. The Hall–Kier alpha value is -1.73. The molecule has 0 bridgehead atoms. The SMILES string of the molecule is C[S@@](=O)c1ccc(C(=O)N2CCO[C@@H](C(N)=O)C2)cc1. The van der Waals surface area contributed by atoms with Crippen LogP contribution in [0.25, 0.3) is 0 Å². The number of benzene rings is 1. The van der Waals surface area contributed by atoms with Gasteiger partial charge in [0.15, 0.2) is 6.10 Å². The molecule has 2 rings (SSSR count). The number of carbonyl (C=O) groups is 2. The first kappa shape index (κ1) is 14.7. The molecule has 1 aromatic carbocycles. The van der Waals surface area contributed by atoms with Crippen LogP contribution in [0.15, 0.2) is 29.2 Å².